The third kappa shape index (κ3) is 4.23. The minimum Gasteiger partial charge on any atom is -0.480 e. The van der Waals surface area contributed by atoms with E-state index in [0.717, 1.165) is 19.5 Å². The van der Waals surface area contributed by atoms with Crippen LogP contribution in [0.5, 0.6) is 0 Å². The highest BCUT2D eigenvalue weighted by molar-refractivity contribution is 5.88. The second-order valence-electron chi connectivity index (χ2n) is 5.07. The van der Waals surface area contributed by atoms with E-state index in [1.165, 1.54) is 17.1 Å². The largest absolute Gasteiger partial charge is 0.480 e. The van der Waals surface area contributed by atoms with E-state index in [9.17, 15) is 9.59 Å². The number of carbonyl (C=O) groups is 2. The van der Waals surface area contributed by atoms with Gasteiger partial charge in [0.15, 0.2) is 0 Å². The van der Waals surface area contributed by atoms with Crippen molar-refractivity contribution in [3.63, 3.8) is 0 Å². The van der Waals surface area contributed by atoms with Gasteiger partial charge in [0.1, 0.15) is 6.54 Å². The first-order chi connectivity index (χ1) is 9.52. The minimum atomic E-state index is -0.977. The van der Waals surface area contributed by atoms with Crippen molar-refractivity contribution in [2.75, 3.05) is 32.0 Å². The van der Waals surface area contributed by atoms with Gasteiger partial charge >= 0.3 is 12.0 Å². The van der Waals surface area contributed by atoms with Crippen LogP contribution < -0.4 is 10.6 Å². The number of rotatable bonds is 5. The quantitative estimate of drug-likeness (QED) is 0.707. The number of hydrogen-bond donors (Lipinski definition) is 3. The standard InChI is InChI=1S/C12H19N5O3/c1-16-3-2-9(6-16)4-13-12(20)15-10-5-14-17(7-10)8-11(18)19/h5,7,9H,2-4,6,8H2,1H3,(H,18,19)(H2,13,15,20). The number of urea groups is 1. The number of carbonyl (C=O) groups excluding carboxylic acids is 1. The van der Waals surface area contributed by atoms with Crippen LogP contribution in [0, 0.1) is 5.92 Å². The molecule has 1 saturated heterocycles. The number of nitrogens with zero attached hydrogens (tertiary/aromatic N) is 3. The Hall–Kier alpha value is -2.09. The molecule has 0 aromatic carbocycles. The molecule has 1 unspecified atom stereocenters. The number of carboxylic acids is 1. The van der Waals surface area contributed by atoms with Crippen LogP contribution in [-0.4, -0.2) is 58.5 Å². The summed E-state index contributed by atoms with van der Waals surface area (Å²) in [5, 5.41) is 17.9. The molecule has 0 bridgehead atoms. The highest BCUT2D eigenvalue weighted by Gasteiger charge is 2.19. The molecule has 1 fully saturated rings. The number of amides is 2. The van der Waals surface area contributed by atoms with Gasteiger partial charge in [-0.2, -0.15) is 5.10 Å². The fourth-order valence-corrected chi connectivity index (χ4v) is 2.26. The minimum absolute atomic E-state index is 0.224. The summed E-state index contributed by atoms with van der Waals surface area (Å²) in [7, 11) is 2.07. The predicted octanol–water partition coefficient (Wildman–Crippen LogP) is 0.0409. The summed E-state index contributed by atoms with van der Waals surface area (Å²) >= 11 is 0. The van der Waals surface area contributed by atoms with Crippen molar-refractivity contribution < 1.29 is 14.7 Å². The molecular formula is C12H19N5O3. The maximum absolute atomic E-state index is 11.7. The molecule has 8 nitrogen and oxygen atoms in total. The van der Waals surface area contributed by atoms with Crippen molar-refractivity contribution in [1.29, 1.82) is 0 Å². The fraction of sp³-hybridized carbons (Fsp3) is 0.583. The predicted molar refractivity (Wildman–Crippen MR) is 72.5 cm³/mol. The first kappa shape index (κ1) is 14.3. The monoisotopic (exact) mass is 281 g/mol. The topological polar surface area (TPSA) is 99.5 Å². The summed E-state index contributed by atoms with van der Waals surface area (Å²) in [6.45, 7) is 2.48. The number of nitrogens with one attached hydrogen (secondary N) is 2. The molecule has 1 atom stereocenters. The second-order valence-corrected chi connectivity index (χ2v) is 5.07. The van der Waals surface area contributed by atoms with E-state index in [1.807, 2.05) is 0 Å². The average Bonchev–Trinajstić information content (AvgIpc) is 2.95. The molecule has 0 saturated carbocycles. The van der Waals surface area contributed by atoms with Crippen molar-refractivity contribution in [3.05, 3.63) is 12.4 Å². The van der Waals surface area contributed by atoms with Gasteiger partial charge in [0.25, 0.3) is 0 Å². The first-order valence-corrected chi connectivity index (χ1v) is 6.50. The Morgan fingerprint density at radius 2 is 2.35 bits per heavy atom. The summed E-state index contributed by atoms with van der Waals surface area (Å²) in [5.74, 6) is -0.491. The first-order valence-electron chi connectivity index (χ1n) is 6.50. The zero-order valence-electron chi connectivity index (χ0n) is 11.4. The summed E-state index contributed by atoms with van der Waals surface area (Å²) < 4.78 is 1.25. The third-order valence-corrected chi connectivity index (χ3v) is 3.23. The maximum atomic E-state index is 11.7. The number of likely N-dealkylation sites (tertiary alicyclic amines) is 1. The molecule has 2 rings (SSSR count). The molecule has 1 aromatic heterocycles. The zero-order valence-corrected chi connectivity index (χ0v) is 11.4. The van der Waals surface area contributed by atoms with Gasteiger partial charge in [0, 0.05) is 19.3 Å². The van der Waals surface area contributed by atoms with Crippen LogP contribution in [0.1, 0.15) is 6.42 Å². The Balaban J connectivity index is 1.73. The molecule has 1 aliphatic heterocycles. The highest BCUT2D eigenvalue weighted by atomic mass is 16.4. The van der Waals surface area contributed by atoms with Crippen LogP contribution in [0.2, 0.25) is 0 Å². The lowest BCUT2D eigenvalue weighted by Crippen LogP contribution is -2.33. The van der Waals surface area contributed by atoms with Gasteiger partial charge in [-0.3, -0.25) is 9.48 Å². The molecule has 0 spiro atoms. The lowest BCUT2D eigenvalue weighted by Gasteiger charge is -2.11. The molecule has 0 radical (unpaired) electrons. The second kappa shape index (κ2) is 6.38. The van der Waals surface area contributed by atoms with Crippen LogP contribution in [0.3, 0.4) is 0 Å². The molecule has 2 heterocycles. The zero-order chi connectivity index (χ0) is 14.5. The van der Waals surface area contributed by atoms with Crippen LogP contribution in [0.4, 0.5) is 10.5 Å². The molecule has 8 heteroatoms. The van der Waals surface area contributed by atoms with E-state index in [4.69, 9.17) is 5.11 Å². The third-order valence-electron chi connectivity index (χ3n) is 3.23. The van der Waals surface area contributed by atoms with E-state index in [1.54, 1.807) is 0 Å². The van der Waals surface area contributed by atoms with Crippen LogP contribution in [0.25, 0.3) is 0 Å². The van der Waals surface area contributed by atoms with E-state index in [-0.39, 0.29) is 12.6 Å². The Kier molecular flexibility index (Phi) is 4.57. The molecule has 110 valence electrons. The number of anilines is 1. The van der Waals surface area contributed by atoms with Gasteiger partial charge in [-0.15, -0.1) is 0 Å². The summed E-state index contributed by atoms with van der Waals surface area (Å²) in [6, 6.07) is -0.297. The van der Waals surface area contributed by atoms with Gasteiger partial charge in [-0.1, -0.05) is 0 Å². The Labute approximate surface area is 116 Å². The van der Waals surface area contributed by atoms with E-state index >= 15 is 0 Å². The summed E-state index contributed by atoms with van der Waals surface area (Å²) in [6.07, 6.45) is 4.00. The van der Waals surface area contributed by atoms with Crippen molar-refractivity contribution >= 4 is 17.7 Å². The highest BCUT2D eigenvalue weighted by Crippen LogP contribution is 2.13. The number of aromatic nitrogens is 2. The number of carboxylic acid groups (broad SMARTS) is 1. The molecule has 3 N–H and O–H groups in total. The van der Waals surface area contributed by atoms with Crippen LogP contribution in [-0.2, 0) is 11.3 Å². The van der Waals surface area contributed by atoms with Crippen LogP contribution in [0.15, 0.2) is 12.4 Å². The Morgan fingerprint density at radius 1 is 1.55 bits per heavy atom. The lowest BCUT2D eigenvalue weighted by atomic mass is 10.1. The van der Waals surface area contributed by atoms with Gasteiger partial charge < -0.3 is 20.6 Å². The van der Waals surface area contributed by atoms with Crippen molar-refractivity contribution in [3.8, 4) is 0 Å². The smallest absolute Gasteiger partial charge is 0.325 e. The van der Waals surface area contributed by atoms with Gasteiger partial charge in [0.05, 0.1) is 11.9 Å². The van der Waals surface area contributed by atoms with E-state index in [2.05, 4.69) is 27.7 Å². The van der Waals surface area contributed by atoms with Gasteiger partial charge in [0.2, 0.25) is 0 Å². The Bertz CT molecular complexity index is 487. The Morgan fingerprint density at radius 3 is 3.00 bits per heavy atom. The molecular weight excluding hydrogens is 262 g/mol. The van der Waals surface area contributed by atoms with Crippen molar-refractivity contribution in [2.24, 2.45) is 5.92 Å². The van der Waals surface area contributed by atoms with Gasteiger partial charge in [-0.05, 0) is 25.9 Å². The molecule has 1 aromatic rings. The van der Waals surface area contributed by atoms with Crippen molar-refractivity contribution in [2.45, 2.75) is 13.0 Å². The molecule has 0 aliphatic carbocycles. The normalized spacial score (nSPS) is 18.9. The lowest BCUT2D eigenvalue weighted by molar-refractivity contribution is -0.137. The maximum Gasteiger partial charge on any atom is 0.325 e. The van der Waals surface area contributed by atoms with E-state index in [0.29, 0.717) is 18.2 Å². The number of hydrogen-bond acceptors (Lipinski definition) is 4. The van der Waals surface area contributed by atoms with Crippen molar-refractivity contribution in [1.82, 2.24) is 20.0 Å². The fourth-order valence-electron chi connectivity index (χ4n) is 2.26. The number of aliphatic carboxylic acids is 1. The van der Waals surface area contributed by atoms with Gasteiger partial charge in [-0.25, -0.2) is 4.79 Å². The summed E-state index contributed by atoms with van der Waals surface area (Å²) in [5.41, 5.74) is 0.479. The molecule has 2 amide bonds. The van der Waals surface area contributed by atoms with Crippen LogP contribution >= 0.6 is 0 Å². The SMILES string of the molecule is CN1CCC(CNC(=O)Nc2cnn(CC(=O)O)c2)C1. The summed E-state index contributed by atoms with van der Waals surface area (Å²) in [4.78, 5) is 24.4. The average molecular weight is 281 g/mol. The van der Waals surface area contributed by atoms with E-state index < -0.39 is 5.97 Å². The molecule has 20 heavy (non-hydrogen) atoms. The molecule has 1 aliphatic rings.